The van der Waals surface area contributed by atoms with Crippen LogP contribution in [0, 0.1) is 0 Å². The summed E-state index contributed by atoms with van der Waals surface area (Å²) in [4.78, 5) is 24.1. The minimum atomic E-state index is -4.81. The van der Waals surface area contributed by atoms with Crippen LogP contribution in [0.2, 0.25) is 4.34 Å². The monoisotopic (exact) mass is 377 g/mol. The maximum Gasteiger partial charge on any atom is 0.573 e. The Bertz CT molecular complexity index is 746. The molecule has 0 unspecified atom stereocenters. The number of Topliss-reactive ketones (excluding diaryl/α,β-unsaturated/α-hetero) is 1. The molecule has 0 bridgehead atoms. The minimum absolute atomic E-state index is 0.0264. The number of hydrogen-bond donors (Lipinski definition) is 1. The fourth-order valence-corrected chi connectivity index (χ4v) is 2.82. The van der Waals surface area contributed by atoms with Gasteiger partial charge in [-0.05, 0) is 24.3 Å². The van der Waals surface area contributed by atoms with Gasteiger partial charge < -0.3 is 10.1 Å². The molecule has 0 fully saturated rings. The molecular formula is C15H11ClF3NO3S. The van der Waals surface area contributed by atoms with Crippen LogP contribution in [0.1, 0.15) is 22.5 Å². The van der Waals surface area contributed by atoms with Crippen LogP contribution in [0.25, 0.3) is 0 Å². The fraction of sp³-hybridized carbons (Fsp3) is 0.200. The van der Waals surface area contributed by atoms with Gasteiger partial charge in [0.05, 0.1) is 9.21 Å². The lowest BCUT2D eigenvalue weighted by Crippen LogP contribution is -2.17. The molecule has 9 heteroatoms. The lowest BCUT2D eigenvalue weighted by molar-refractivity contribution is -0.274. The topological polar surface area (TPSA) is 55.4 Å². The summed E-state index contributed by atoms with van der Waals surface area (Å²) in [6, 6.07) is 8.06. The second-order valence-electron chi connectivity index (χ2n) is 4.65. The number of carbonyl (C=O) groups excluding carboxylic acids is 2. The second kappa shape index (κ2) is 7.67. The van der Waals surface area contributed by atoms with Crippen molar-refractivity contribution < 1.29 is 27.5 Å². The zero-order valence-corrected chi connectivity index (χ0v) is 13.6. The summed E-state index contributed by atoms with van der Waals surface area (Å²) in [7, 11) is 0. The Morgan fingerprint density at radius 2 is 1.92 bits per heavy atom. The van der Waals surface area contributed by atoms with Gasteiger partial charge in [-0.1, -0.05) is 17.7 Å². The van der Waals surface area contributed by atoms with Crippen LogP contribution >= 0.6 is 22.9 Å². The predicted octanol–water partition coefficient (Wildman–Crippen LogP) is 4.90. The number of thiophene rings is 1. The highest BCUT2D eigenvalue weighted by Crippen LogP contribution is 2.25. The van der Waals surface area contributed by atoms with E-state index in [9.17, 15) is 22.8 Å². The van der Waals surface area contributed by atoms with Crippen molar-refractivity contribution in [1.82, 2.24) is 0 Å². The Morgan fingerprint density at radius 3 is 2.54 bits per heavy atom. The lowest BCUT2D eigenvalue weighted by atomic mass is 10.2. The van der Waals surface area contributed by atoms with Crippen LogP contribution in [0.15, 0.2) is 36.4 Å². The first-order valence-electron chi connectivity index (χ1n) is 6.67. The van der Waals surface area contributed by atoms with E-state index in [-0.39, 0.29) is 24.3 Å². The van der Waals surface area contributed by atoms with E-state index in [1.165, 1.54) is 12.1 Å². The first kappa shape index (κ1) is 18.3. The standard InChI is InChI=1S/C15H11ClF3NO3S/c16-13-6-5-12(24-13)11(21)4-7-14(22)20-9-2-1-3-10(8-9)23-15(17,18)19/h1-3,5-6,8H,4,7H2,(H,20,22). The SMILES string of the molecule is O=C(CCC(=O)c1ccc(Cl)s1)Nc1cccc(OC(F)(F)F)c1. The number of alkyl halides is 3. The van der Waals surface area contributed by atoms with Crippen molar-refractivity contribution in [2.45, 2.75) is 19.2 Å². The molecule has 0 spiro atoms. The van der Waals surface area contributed by atoms with Gasteiger partial charge in [0.2, 0.25) is 5.91 Å². The molecule has 0 radical (unpaired) electrons. The van der Waals surface area contributed by atoms with Crippen molar-refractivity contribution in [1.29, 1.82) is 0 Å². The number of carbonyl (C=O) groups is 2. The highest BCUT2D eigenvalue weighted by atomic mass is 35.5. The van der Waals surface area contributed by atoms with Crippen LogP contribution in [-0.2, 0) is 4.79 Å². The highest BCUT2D eigenvalue weighted by Gasteiger charge is 2.31. The van der Waals surface area contributed by atoms with Gasteiger partial charge in [-0.25, -0.2) is 0 Å². The summed E-state index contributed by atoms with van der Waals surface area (Å²) in [5, 5.41) is 2.42. The van der Waals surface area contributed by atoms with Gasteiger partial charge in [0.25, 0.3) is 0 Å². The first-order chi connectivity index (χ1) is 11.2. The Morgan fingerprint density at radius 1 is 1.17 bits per heavy atom. The molecule has 0 aliphatic heterocycles. The van der Waals surface area contributed by atoms with Gasteiger partial charge in [-0.15, -0.1) is 24.5 Å². The van der Waals surface area contributed by atoms with E-state index in [2.05, 4.69) is 10.1 Å². The van der Waals surface area contributed by atoms with Crippen molar-refractivity contribution in [2.75, 3.05) is 5.32 Å². The molecule has 0 aliphatic carbocycles. The molecule has 4 nitrogen and oxygen atoms in total. The van der Waals surface area contributed by atoms with E-state index >= 15 is 0 Å². The first-order valence-corrected chi connectivity index (χ1v) is 7.86. The molecule has 24 heavy (non-hydrogen) atoms. The normalized spacial score (nSPS) is 11.2. The summed E-state index contributed by atoms with van der Waals surface area (Å²) in [6.07, 6.45) is -4.93. The third kappa shape index (κ3) is 5.86. The lowest BCUT2D eigenvalue weighted by Gasteiger charge is -2.10. The second-order valence-corrected chi connectivity index (χ2v) is 6.37. The maximum absolute atomic E-state index is 12.2. The quantitative estimate of drug-likeness (QED) is 0.728. The molecule has 0 atom stereocenters. The molecule has 0 saturated carbocycles. The summed E-state index contributed by atoms with van der Waals surface area (Å²) in [5.41, 5.74) is 0.147. The van der Waals surface area contributed by atoms with Gasteiger partial charge in [-0.2, -0.15) is 0 Å². The summed E-state index contributed by atoms with van der Waals surface area (Å²) in [6.45, 7) is 0. The number of nitrogens with one attached hydrogen (secondary N) is 1. The summed E-state index contributed by atoms with van der Waals surface area (Å²) >= 11 is 6.85. The molecule has 0 aliphatic rings. The average Bonchev–Trinajstić information content (AvgIpc) is 2.90. The number of anilines is 1. The molecule has 2 rings (SSSR count). The molecule has 128 valence electrons. The zero-order valence-electron chi connectivity index (χ0n) is 12.0. The number of amides is 1. The predicted molar refractivity (Wildman–Crippen MR) is 84.6 cm³/mol. The van der Waals surface area contributed by atoms with Crippen molar-refractivity contribution in [3.63, 3.8) is 0 Å². The van der Waals surface area contributed by atoms with Crippen LogP contribution in [0.5, 0.6) is 5.75 Å². The van der Waals surface area contributed by atoms with Crippen LogP contribution in [-0.4, -0.2) is 18.1 Å². The van der Waals surface area contributed by atoms with Gasteiger partial charge in [0.1, 0.15) is 5.75 Å². The number of ether oxygens (including phenoxy) is 1. The molecule has 1 aromatic heterocycles. The average molecular weight is 378 g/mol. The third-order valence-electron chi connectivity index (χ3n) is 2.78. The van der Waals surface area contributed by atoms with E-state index in [0.717, 1.165) is 23.5 Å². The van der Waals surface area contributed by atoms with Crippen molar-refractivity contribution in [3.8, 4) is 5.75 Å². The van der Waals surface area contributed by atoms with Crippen LogP contribution in [0.4, 0.5) is 18.9 Å². The summed E-state index contributed by atoms with van der Waals surface area (Å²) in [5.74, 6) is -1.16. The van der Waals surface area contributed by atoms with Crippen molar-refractivity contribution in [3.05, 3.63) is 45.6 Å². The number of ketones is 1. The Labute approximate surface area is 144 Å². The largest absolute Gasteiger partial charge is 0.573 e. The van der Waals surface area contributed by atoms with Crippen LogP contribution in [0.3, 0.4) is 0 Å². The molecule has 1 amide bonds. The molecule has 0 saturated heterocycles. The van der Waals surface area contributed by atoms with Gasteiger partial charge in [0.15, 0.2) is 5.78 Å². The van der Waals surface area contributed by atoms with E-state index in [0.29, 0.717) is 9.21 Å². The van der Waals surface area contributed by atoms with Crippen molar-refractivity contribution in [2.24, 2.45) is 0 Å². The molecular weight excluding hydrogens is 367 g/mol. The summed E-state index contributed by atoms with van der Waals surface area (Å²) < 4.78 is 40.7. The third-order valence-corrected chi connectivity index (χ3v) is 4.05. The van der Waals surface area contributed by atoms with E-state index in [4.69, 9.17) is 11.6 Å². The van der Waals surface area contributed by atoms with Gasteiger partial charge >= 0.3 is 6.36 Å². The zero-order chi connectivity index (χ0) is 17.7. The van der Waals surface area contributed by atoms with Gasteiger partial charge in [0, 0.05) is 24.6 Å². The Hall–Kier alpha value is -2.06. The van der Waals surface area contributed by atoms with E-state index < -0.39 is 18.0 Å². The number of rotatable bonds is 6. The minimum Gasteiger partial charge on any atom is -0.406 e. The fourth-order valence-electron chi connectivity index (χ4n) is 1.81. The van der Waals surface area contributed by atoms with Crippen molar-refractivity contribution >= 4 is 40.3 Å². The van der Waals surface area contributed by atoms with E-state index in [1.54, 1.807) is 12.1 Å². The Balaban J connectivity index is 1.88. The number of benzene rings is 1. The van der Waals surface area contributed by atoms with Gasteiger partial charge in [-0.3, -0.25) is 9.59 Å². The molecule has 1 heterocycles. The number of halogens is 4. The Kier molecular flexibility index (Phi) is 5.84. The number of hydrogen-bond acceptors (Lipinski definition) is 4. The highest BCUT2D eigenvalue weighted by molar-refractivity contribution is 7.18. The molecule has 2 aromatic rings. The van der Waals surface area contributed by atoms with E-state index in [1.807, 2.05) is 0 Å². The molecule has 1 N–H and O–H groups in total. The smallest absolute Gasteiger partial charge is 0.406 e. The maximum atomic E-state index is 12.2. The van der Waals surface area contributed by atoms with Crippen LogP contribution < -0.4 is 10.1 Å². The molecule has 1 aromatic carbocycles.